The van der Waals surface area contributed by atoms with Gasteiger partial charge in [-0.2, -0.15) is 18.3 Å². The Hall–Kier alpha value is -4.29. The van der Waals surface area contributed by atoms with E-state index in [0.717, 1.165) is 11.8 Å². The molecular formula is C21H18F3N9O. The van der Waals surface area contributed by atoms with Gasteiger partial charge < -0.3 is 14.3 Å². The van der Waals surface area contributed by atoms with Crippen LogP contribution in [0.3, 0.4) is 0 Å². The second kappa shape index (κ2) is 8.57. The van der Waals surface area contributed by atoms with Crippen molar-refractivity contribution in [1.29, 1.82) is 0 Å². The monoisotopic (exact) mass is 469 g/mol. The standard InChI is InChI=1S/C21H18F3N9O/c1-2-16-13(21(22,23)24)4-3-8-33(16)29-10-17-18-14(27-12-28-18)6-9-32(17)20-31-30-19(34-20)15-5-7-25-11-26-15/h2-5,7-8,10-12,17H,6,9H2,1H3,(H,27,28)/b16-2-,29-10+/t17-/m0/s1. The molecule has 0 amide bonds. The first-order chi connectivity index (χ1) is 16.5. The summed E-state index contributed by atoms with van der Waals surface area (Å²) < 4.78 is 46.2. The van der Waals surface area contributed by atoms with Gasteiger partial charge in [-0.25, -0.2) is 20.0 Å². The number of nitrogens with one attached hydrogen (secondary N) is 1. The predicted octanol–water partition coefficient (Wildman–Crippen LogP) is 3.56. The lowest BCUT2D eigenvalue weighted by molar-refractivity contribution is -0.0912. The molecule has 1 N–H and O–H groups in total. The summed E-state index contributed by atoms with van der Waals surface area (Å²) >= 11 is 0. The Kier molecular flexibility index (Phi) is 5.43. The minimum Gasteiger partial charge on any atom is -0.402 e. The van der Waals surface area contributed by atoms with Crippen molar-refractivity contribution >= 4 is 12.2 Å². The van der Waals surface area contributed by atoms with Crippen molar-refractivity contribution in [3.05, 3.63) is 72.0 Å². The number of aromatic amines is 1. The molecule has 1 atom stereocenters. The Bertz CT molecular complexity index is 1290. The third-order valence-electron chi connectivity index (χ3n) is 5.36. The number of hydrogen-bond donors (Lipinski definition) is 1. The Morgan fingerprint density at radius 3 is 2.91 bits per heavy atom. The maximum atomic E-state index is 13.4. The Labute approximate surface area is 191 Å². The van der Waals surface area contributed by atoms with Crippen LogP contribution >= 0.6 is 0 Å². The average Bonchev–Trinajstić information content (AvgIpc) is 3.52. The fourth-order valence-electron chi connectivity index (χ4n) is 3.80. The number of imidazole rings is 1. The minimum atomic E-state index is -4.51. The largest absolute Gasteiger partial charge is 0.418 e. The quantitative estimate of drug-likeness (QED) is 0.578. The molecule has 0 bridgehead atoms. The third kappa shape index (κ3) is 3.95. The van der Waals surface area contributed by atoms with E-state index < -0.39 is 17.8 Å². The SMILES string of the molecule is C/C=C1/C(C(F)(F)F)=CC=CN1/N=C/[C@H]1c2nc[nH]c2CCN1c1nnc(-c2ccncn2)o1. The molecule has 3 aromatic heterocycles. The lowest BCUT2D eigenvalue weighted by Gasteiger charge is -2.31. The van der Waals surface area contributed by atoms with Crippen LogP contribution in [-0.4, -0.2) is 54.1 Å². The molecule has 0 saturated heterocycles. The first-order valence-corrected chi connectivity index (χ1v) is 10.3. The van der Waals surface area contributed by atoms with Crippen LogP contribution in [0.4, 0.5) is 19.2 Å². The summed E-state index contributed by atoms with van der Waals surface area (Å²) in [5.41, 5.74) is 1.20. The summed E-state index contributed by atoms with van der Waals surface area (Å²) in [6.07, 6.45) is 7.30. The number of anilines is 1. The summed E-state index contributed by atoms with van der Waals surface area (Å²) in [6, 6.07) is 1.31. The zero-order valence-corrected chi connectivity index (χ0v) is 17.8. The van der Waals surface area contributed by atoms with Crippen molar-refractivity contribution < 1.29 is 17.6 Å². The van der Waals surface area contributed by atoms with Gasteiger partial charge in [0.2, 0.25) is 0 Å². The van der Waals surface area contributed by atoms with Gasteiger partial charge in [-0.3, -0.25) is 0 Å². The molecular weight excluding hydrogens is 451 g/mol. The van der Waals surface area contributed by atoms with E-state index in [4.69, 9.17) is 4.42 Å². The number of allylic oxidation sites excluding steroid dienone is 4. The van der Waals surface area contributed by atoms with Crippen molar-refractivity contribution in [2.45, 2.75) is 25.6 Å². The van der Waals surface area contributed by atoms with E-state index in [-0.39, 0.29) is 17.6 Å². The van der Waals surface area contributed by atoms with E-state index in [1.54, 1.807) is 23.5 Å². The van der Waals surface area contributed by atoms with Gasteiger partial charge in [-0.05, 0) is 25.1 Å². The summed E-state index contributed by atoms with van der Waals surface area (Å²) in [5, 5.41) is 13.7. The van der Waals surface area contributed by atoms with Crippen molar-refractivity contribution in [1.82, 2.24) is 35.1 Å². The smallest absolute Gasteiger partial charge is 0.402 e. The molecule has 0 saturated carbocycles. The molecule has 2 aliphatic rings. The number of fused-ring (bicyclic) bond motifs is 1. The minimum absolute atomic E-state index is 0.0697. The van der Waals surface area contributed by atoms with E-state index in [0.29, 0.717) is 24.4 Å². The Morgan fingerprint density at radius 2 is 2.15 bits per heavy atom. The third-order valence-corrected chi connectivity index (χ3v) is 5.36. The number of halogens is 3. The van der Waals surface area contributed by atoms with Gasteiger partial charge in [-0.1, -0.05) is 11.2 Å². The van der Waals surface area contributed by atoms with Crippen LogP contribution in [0.25, 0.3) is 11.6 Å². The van der Waals surface area contributed by atoms with Gasteiger partial charge >= 0.3 is 12.2 Å². The van der Waals surface area contributed by atoms with Gasteiger partial charge in [0.05, 0.1) is 29.5 Å². The zero-order chi connectivity index (χ0) is 23.7. The fourth-order valence-corrected chi connectivity index (χ4v) is 3.80. The maximum Gasteiger partial charge on any atom is 0.418 e. The lowest BCUT2D eigenvalue weighted by Crippen LogP contribution is -2.37. The number of aromatic nitrogens is 6. The maximum absolute atomic E-state index is 13.4. The summed E-state index contributed by atoms with van der Waals surface area (Å²) in [4.78, 5) is 17.3. The first-order valence-electron chi connectivity index (χ1n) is 10.3. The second-order valence-electron chi connectivity index (χ2n) is 7.34. The number of hydrogen-bond acceptors (Lipinski definition) is 9. The summed E-state index contributed by atoms with van der Waals surface area (Å²) in [7, 11) is 0. The molecule has 0 aromatic carbocycles. The molecule has 13 heteroatoms. The fraction of sp³-hybridized carbons (Fsp3) is 0.238. The van der Waals surface area contributed by atoms with E-state index in [1.807, 2.05) is 0 Å². The van der Waals surface area contributed by atoms with Gasteiger partial charge in [-0.15, -0.1) is 5.10 Å². The Morgan fingerprint density at radius 1 is 1.26 bits per heavy atom. The Balaban J connectivity index is 1.46. The number of alkyl halides is 3. The van der Waals surface area contributed by atoms with Crippen molar-refractivity contribution in [3.63, 3.8) is 0 Å². The van der Waals surface area contributed by atoms with Gasteiger partial charge in [0.15, 0.2) is 0 Å². The molecule has 0 spiro atoms. The summed E-state index contributed by atoms with van der Waals surface area (Å²) in [5.74, 6) is 0.219. The van der Waals surface area contributed by atoms with Gasteiger partial charge in [0.25, 0.3) is 5.89 Å². The van der Waals surface area contributed by atoms with Crippen LogP contribution in [0.5, 0.6) is 0 Å². The van der Waals surface area contributed by atoms with Crippen LogP contribution in [0, 0.1) is 0 Å². The highest BCUT2D eigenvalue weighted by atomic mass is 19.4. The van der Waals surface area contributed by atoms with E-state index in [2.05, 4.69) is 35.2 Å². The topological polar surface area (TPSA) is 112 Å². The molecule has 0 fully saturated rings. The zero-order valence-electron chi connectivity index (χ0n) is 17.8. The average molecular weight is 469 g/mol. The lowest BCUT2D eigenvalue weighted by atomic mass is 10.0. The van der Waals surface area contributed by atoms with Crippen LogP contribution in [0.1, 0.15) is 24.4 Å². The first kappa shape index (κ1) is 21.6. The van der Waals surface area contributed by atoms with Crippen molar-refractivity contribution in [2.24, 2.45) is 5.10 Å². The molecule has 0 aliphatic carbocycles. The molecule has 0 unspecified atom stereocenters. The highest BCUT2D eigenvalue weighted by Gasteiger charge is 2.38. The highest BCUT2D eigenvalue weighted by Crippen LogP contribution is 2.36. The highest BCUT2D eigenvalue weighted by molar-refractivity contribution is 5.72. The van der Waals surface area contributed by atoms with Crippen LogP contribution in [-0.2, 0) is 6.42 Å². The van der Waals surface area contributed by atoms with E-state index in [9.17, 15) is 13.2 Å². The van der Waals surface area contributed by atoms with Crippen LogP contribution in [0.2, 0.25) is 0 Å². The molecule has 3 aromatic rings. The molecule has 2 aliphatic heterocycles. The van der Waals surface area contributed by atoms with Crippen LogP contribution in [0.15, 0.2) is 70.1 Å². The van der Waals surface area contributed by atoms with Crippen molar-refractivity contribution in [2.75, 3.05) is 11.4 Å². The molecule has 34 heavy (non-hydrogen) atoms. The molecule has 5 heterocycles. The van der Waals surface area contributed by atoms with E-state index >= 15 is 0 Å². The molecule has 174 valence electrons. The molecule has 5 rings (SSSR count). The summed E-state index contributed by atoms with van der Waals surface area (Å²) in [6.45, 7) is 2.03. The van der Waals surface area contributed by atoms with E-state index in [1.165, 1.54) is 42.8 Å². The molecule has 0 radical (unpaired) electrons. The number of H-pyrrole nitrogens is 1. The second-order valence-corrected chi connectivity index (χ2v) is 7.34. The number of hydrazone groups is 1. The van der Waals surface area contributed by atoms with Gasteiger partial charge in [0, 0.05) is 31.1 Å². The van der Waals surface area contributed by atoms with Crippen LogP contribution < -0.4 is 4.90 Å². The van der Waals surface area contributed by atoms with Crippen molar-refractivity contribution in [3.8, 4) is 11.6 Å². The number of rotatable bonds is 4. The van der Waals surface area contributed by atoms with Gasteiger partial charge in [0.1, 0.15) is 18.1 Å². The molecule has 10 nitrogen and oxygen atoms in total. The number of nitrogens with zero attached hydrogens (tertiary/aromatic N) is 8. The normalized spacial score (nSPS) is 19.7. The predicted molar refractivity (Wildman–Crippen MR) is 115 cm³/mol.